The van der Waals surface area contributed by atoms with Crippen LogP contribution in [0, 0.1) is 33.5 Å². The molecule has 0 radical (unpaired) electrons. The van der Waals surface area contributed by atoms with Crippen LogP contribution in [0.5, 0.6) is 0 Å². The zero-order valence-corrected chi connectivity index (χ0v) is 13.9. The summed E-state index contributed by atoms with van der Waals surface area (Å²) >= 11 is 7.58. The molecule has 1 saturated heterocycles. The van der Waals surface area contributed by atoms with Crippen molar-refractivity contribution in [2.75, 3.05) is 12.4 Å². The number of nitrogens with two attached hydrogens (primary N) is 1. The smallest absolute Gasteiger partial charge is 0.231 e. The van der Waals surface area contributed by atoms with Gasteiger partial charge in [0.2, 0.25) is 5.06 Å². The van der Waals surface area contributed by atoms with Crippen molar-refractivity contribution in [3.8, 4) is 12.1 Å². The summed E-state index contributed by atoms with van der Waals surface area (Å²) in [4.78, 5) is 4.44. The van der Waals surface area contributed by atoms with Gasteiger partial charge in [-0.2, -0.15) is 10.5 Å². The standard InChI is InChI=1S/C16H13ClN4OS/c1-13(10-3-2-4-11(17)7-10)14(8-18)12(20)21-16(15(13,14)9-19)22-5-6-23-16/h2-4,7H,5-6H2,1H3,(H2,20,21)/t13-,14+,15-,16-/m1/s1. The summed E-state index contributed by atoms with van der Waals surface area (Å²) < 4.78 is 5.88. The van der Waals surface area contributed by atoms with Crippen LogP contribution in [0.15, 0.2) is 29.3 Å². The molecule has 2 N–H and O–H groups in total. The van der Waals surface area contributed by atoms with Gasteiger partial charge in [0.1, 0.15) is 5.84 Å². The maximum Gasteiger partial charge on any atom is 0.231 e. The largest absolute Gasteiger partial charge is 0.386 e. The molecule has 116 valence electrons. The summed E-state index contributed by atoms with van der Waals surface area (Å²) in [7, 11) is 0. The number of amidine groups is 1. The summed E-state index contributed by atoms with van der Waals surface area (Å²) in [6.45, 7) is 2.37. The van der Waals surface area contributed by atoms with Crippen LogP contribution in [0.25, 0.3) is 0 Å². The van der Waals surface area contributed by atoms with E-state index in [1.807, 2.05) is 19.1 Å². The van der Waals surface area contributed by atoms with Gasteiger partial charge in [0.05, 0.1) is 18.7 Å². The monoisotopic (exact) mass is 344 g/mol. The van der Waals surface area contributed by atoms with Crippen LogP contribution in [0.4, 0.5) is 0 Å². The first-order valence-electron chi connectivity index (χ1n) is 7.18. The van der Waals surface area contributed by atoms with E-state index >= 15 is 0 Å². The Morgan fingerprint density at radius 1 is 1.39 bits per heavy atom. The number of nitriles is 2. The van der Waals surface area contributed by atoms with Crippen molar-refractivity contribution in [2.45, 2.75) is 17.4 Å². The van der Waals surface area contributed by atoms with E-state index in [1.54, 1.807) is 12.1 Å². The molecular weight excluding hydrogens is 332 g/mol. The number of hydrogen-bond donors (Lipinski definition) is 1. The lowest BCUT2D eigenvalue weighted by molar-refractivity contribution is 0.0151. The SMILES string of the molecule is C[C@@]1(c2cccc(Cl)c2)[C@]2(C#N)C(N)=N[C@@]3(OCCS3)[C@@]21C#N. The lowest BCUT2D eigenvalue weighted by atomic mass is 9.85. The molecule has 4 atom stereocenters. The molecule has 0 unspecified atom stereocenters. The lowest BCUT2D eigenvalue weighted by Crippen LogP contribution is -2.38. The molecule has 0 bridgehead atoms. The average molecular weight is 345 g/mol. The van der Waals surface area contributed by atoms with E-state index < -0.39 is 21.3 Å². The van der Waals surface area contributed by atoms with Crippen molar-refractivity contribution in [1.29, 1.82) is 10.5 Å². The Morgan fingerprint density at radius 2 is 2.17 bits per heavy atom. The van der Waals surface area contributed by atoms with Crippen LogP contribution in [0.3, 0.4) is 0 Å². The van der Waals surface area contributed by atoms with Crippen LogP contribution < -0.4 is 5.73 Å². The van der Waals surface area contributed by atoms with Gasteiger partial charge in [-0.25, -0.2) is 4.99 Å². The Kier molecular flexibility index (Phi) is 2.72. The van der Waals surface area contributed by atoms with E-state index in [4.69, 9.17) is 22.1 Å². The number of nitrogens with zero attached hydrogens (tertiary/aromatic N) is 3. The topological polar surface area (TPSA) is 95.2 Å². The first-order chi connectivity index (χ1) is 11.0. The van der Waals surface area contributed by atoms with Gasteiger partial charge < -0.3 is 10.5 Å². The molecule has 2 heterocycles. The highest BCUT2D eigenvalue weighted by Gasteiger charge is 2.99. The molecule has 1 aliphatic carbocycles. The fourth-order valence-electron chi connectivity index (χ4n) is 4.48. The van der Waals surface area contributed by atoms with Crippen LogP contribution in [-0.2, 0) is 10.2 Å². The van der Waals surface area contributed by atoms with Gasteiger partial charge in [0, 0.05) is 16.2 Å². The highest BCUT2D eigenvalue weighted by atomic mass is 35.5. The van der Waals surface area contributed by atoms with Crippen LogP contribution >= 0.6 is 23.4 Å². The molecule has 0 aromatic heterocycles. The average Bonchev–Trinajstić information content (AvgIpc) is 2.82. The molecule has 5 nitrogen and oxygen atoms in total. The fraction of sp³-hybridized carbons (Fsp3) is 0.438. The molecule has 0 amide bonds. The molecule has 4 rings (SSSR count). The third-order valence-corrected chi connectivity index (χ3v) is 7.05. The second kappa shape index (κ2) is 4.21. The predicted molar refractivity (Wildman–Crippen MR) is 87.7 cm³/mol. The number of hydrogen-bond acceptors (Lipinski definition) is 6. The van der Waals surface area contributed by atoms with E-state index in [9.17, 15) is 10.5 Å². The molecule has 3 aliphatic rings. The maximum atomic E-state index is 10.1. The van der Waals surface area contributed by atoms with Crippen LogP contribution in [-0.4, -0.2) is 23.3 Å². The minimum Gasteiger partial charge on any atom is -0.386 e. The molecule has 7 heteroatoms. The van der Waals surface area contributed by atoms with Crippen LogP contribution in [0.1, 0.15) is 12.5 Å². The van der Waals surface area contributed by atoms with Crippen molar-refractivity contribution in [1.82, 2.24) is 0 Å². The van der Waals surface area contributed by atoms with Crippen molar-refractivity contribution < 1.29 is 4.74 Å². The Balaban J connectivity index is 2.02. The number of aliphatic imine (C=N–C) groups is 1. The lowest BCUT2D eigenvalue weighted by Gasteiger charge is -2.30. The summed E-state index contributed by atoms with van der Waals surface area (Å²) in [5.74, 6) is 0.895. The van der Waals surface area contributed by atoms with E-state index in [0.29, 0.717) is 17.4 Å². The number of thioether (sulfide) groups is 1. The van der Waals surface area contributed by atoms with Crippen molar-refractivity contribution >= 4 is 29.2 Å². The second-order valence-corrected chi connectivity index (χ2v) is 7.82. The predicted octanol–water partition coefficient (Wildman–Crippen LogP) is 2.42. The van der Waals surface area contributed by atoms with E-state index in [2.05, 4.69) is 17.1 Å². The van der Waals surface area contributed by atoms with Gasteiger partial charge in [0.25, 0.3) is 0 Å². The van der Waals surface area contributed by atoms with Gasteiger partial charge in [-0.3, -0.25) is 0 Å². The van der Waals surface area contributed by atoms with Crippen molar-refractivity contribution in [3.63, 3.8) is 0 Å². The third kappa shape index (κ3) is 1.23. The number of rotatable bonds is 1. The quantitative estimate of drug-likeness (QED) is 0.844. The normalized spacial score (nSPS) is 43.6. The van der Waals surface area contributed by atoms with Crippen molar-refractivity contribution in [3.05, 3.63) is 34.9 Å². The van der Waals surface area contributed by atoms with E-state index in [1.165, 1.54) is 11.8 Å². The Morgan fingerprint density at radius 3 is 2.74 bits per heavy atom. The molecule has 1 saturated carbocycles. The van der Waals surface area contributed by atoms with Gasteiger partial charge in [-0.15, -0.1) is 0 Å². The van der Waals surface area contributed by atoms with Crippen molar-refractivity contribution in [2.24, 2.45) is 21.6 Å². The van der Waals surface area contributed by atoms with E-state index in [-0.39, 0.29) is 5.84 Å². The molecule has 2 fully saturated rings. The summed E-state index contributed by atoms with van der Waals surface area (Å²) in [6, 6.07) is 11.9. The van der Waals surface area contributed by atoms with Gasteiger partial charge in [-0.1, -0.05) is 42.4 Å². The molecule has 23 heavy (non-hydrogen) atoms. The zero-order valence-electron chi connectivity index (χ0n) is 12.3. The molecule has 1 aromatic carbocycles. The summed E-state index contributed by atoms with van der Waals surface area (Å²) in [5, 5.41) is 19.5. The Bertz CT molecular complexity index is 837. The number of benzene rings is 1. The highest BCUT2D eigenvalue weighted by molar-refractivity contribution is 8.00. The summed E-state index contributed by atoms with van der Waals surface area (Å²) in [5.41, 5.74) is 3.81. The maximum absolute atomic E-state index is 10.1. The Labute approximate surface area is 143 Å². The molecule has 2 aliphatic heterocycles. The third-order valence-electron chi connectivity index (χ3n) is 5.54. The first-order valence-corrected chi connectivity index (χ1v) is 8.54. The number of halogens is 1. The molecule has 1 spiro atoms. The van der Waals surface area contributed by atoms with Gasteiger partial charge in [0.15, 0.2) is 10.8 Å². The Hall–Kier alpha value is -1.73. The number of ether oxygens (including phenoxy) is 1. The van der Waals surface area contributed by atoms with Crippen LogP contribution in [0.2, 0.25) is 5.02 Å². The number of fused-ring (bicyclic) bond motifs is 2. The summed E-state index contributed by atoms with van der Waals surface area (Å²) in [6.07, 6.45) is 0. The minimum atomic E-state index is -1.20. The van der Waals surface area contributed by atoms with Gasteiger partial charge in [-0.05, 0) is 17.7 Å². The zero-order chi connectivity index (χ0) is 16.5. The first kappa shape index (κ1) is 14.8. The highest BCUT2D eigenvalue weighted by Crippen LogP contribution is 2.87. The molecule has 1 aromatic rings. The van der Waals surface area contributed by atoms with Gasteiger partial charge >= 0.3 is 0 Å². The fourth-order valence-corrected chi connectivity index (χ4v) is 6.06. The molecular formula is C16H13ClN4OS. The van der Waals surface area contributed by atoms with E-state index in [0.717, 1.165) is 5.56 Å². The minimum absolute atomic E-state index is 0.179. The second-order valence-electron chi connectivity index (χ2n) is 6.13.